The Labute approximate surface area is 124 Å². The Morgan fingerprint density at radius 3 is 3.14 bits per heavy atom. The van der Waals surface area contributed by atoms with Gasteiger partial charge in [-0.3, -0.25) is 4.79 Å². The van der Waals surface area contributed by atoms with E-state index < -0.39 is 0 Å². The van der Waals surface area contributed by atoms with E-state index in [1.54, 1.807) is 12.5 Å². The number of amides is 1. The first-order valence-corrected chi connectivity index (χ1v) is 7.40. The largest absolute Gasteiger partial charge is 0.333 e. The topological polar surface area (TPSA) is 59.0 Å². The molecule has 0 bridgehead atoms. The first-order valence-electron chi connectivity index (χ1n) is 7.40. The number of imidazole rings is 1. The average molecular weight is 284 g/mol. The molecule has 0 unspecified atom stereocenters. The Morgan fingerprint density at radius 2 is 2.38 bits per heavy atom. The second-order valence-corrected chi connectivity index (χ2v) is 5.43. The number of nitrogens with zero attached hydrogens (tertiary/aromatic N) is 2. The lowest BCUT2D eigenvalue weighted by Crippen LogP contribution is -2.43. The Kier molecular flexibility index (Phi) is 4.31. The Bertz CT molecular complexity index is 588. The van der Waals surface area contributed by atoms with Crippen LogP contribution >= 0.6 is 0 Å². The molecule has 0 aliphatic carbocycles. The maximum Gasteiger partial charge on any atom is 0.241 e. The molecule has 2 N–H and O–H groups in total. The van der Waals surface area contributed by atoms with Crippen molar-refractivity contribution >= 4 is 11.6 Å². The third-order valence-electron chi connectivity index (χ3n) is 3.75. The third kappa shape index (κ3) is 3.70. The van der Waals surface area contributed by atoms with Gasteiger partial charge in [-0.05, 0) is 37.1 Å². The fraction of sp³-hybridized carbons (Fsp3) is 0.375. The molecule has 110 valence electrons. The van der Waals surface area contributed by atoms with Gasteiger partial charge in [0.05, 0.1) is 12.4 Å². The summed E-state index contributed by atoms with van der Waals surface area (Å²) in [6.07, 6.45) is 8.67. The second-order valence-electron chi connectivity index (χ2n) is 5.43. The minimum absolute atomic E-state index is 0.0592. The zero-order chi connectivity index (χ0) is 14.5. The number of benzene rings is 1. The first-order chi connectivity index (χ1) is 10.3. The zero-order valence-electron chi connectivity index (χ0n) is 12.0. The van der Waals surface area contributed by atoms with Gasteiger partial charge in [0.25, 0.3) is 0 Å². The van der Waals surface area contributed by atoms with E-state index in [9.17, 15) is 4.79 Å². The molecule has 1 aliphatic rings. The standard InChI is InChI=1S/C16H20N4O/c21-16(15-6-1-2-7-18-15)19-14-5-3-4-13(10-14)11-20-9-8-17-12-20/h3-5,8-10,12,15,18H,1-2,6-7,11H2,(H,19,21)/t15-/m0/s1. The van der Waals surface area contributed by atoms with E-state index in [0.717, 1.165) is 43.6 Å². The summed E-state index contributed by atoms with van der Waals surface area (Å²) in [5, 5.41) is 6.27. The normalized spacial score (nSPS) is 18.4. The molecule has 1 amide bonds. The molecular weight excluding hydrogens is 264 g/mol. The van der Waals surface area contributed by atoms with Gasteiger partial charge < -0.3 is 15.2 Å². The van der Waals surface area contributed by atoms with E-state index in [4.69, 9.17) is 0 Å². The van der Waals surface area contributed by atoms with E-state index >= 15 is 0 Å². The number of nitrogens with one attached hydrogen (secondary N) is 2. The molecule has 1 atom stereocenters. The Hall–Kier alpha value is -2.14. The smallest absolute Gasteiger partial charge is 0.241 e. The fourth-order valence-corrected chi connectivity index (χ4v) is 2.64. The summed E-state index contributed by atoms with van der Waals surface area (Å²) in [5.41, 5.74) is 1.99. The van der Waals surface area contributed by atoms with Gasteiger partial charge in [0, 0.05) is 24.6 Å². The highest BCUT2D eigenvalue weighted by atomic mass is 16.2. The highest BCUT2D eigenvalue weighted by molar-refractivity contribution is 5.94. The van der Waals surface area contributed by atoms with Gasteiger partial charge >= 0.3 is 0 Å². The van der Waals surface area contributed by atoms with Crippen molar-refractivity contribution in [3.63, 3.8) is 0 Å². The number of carbonyl (C=O) groups is 1. The van der Waals surface area contributed by atoms with E-state index in [-0.39, 0.29) is 11.9 Å². The molecule has 3 rings (SSSR count). The number of carbonyl (C=O) groups excluding carboxylic acids is 1. The van der Waals surface area contributed by atoms with Crippen LogP contribution in [0.1, 0.15) is 24.8 Å². The van der Waals surface area contributed by atoms with Gasteiger partial charge in [-0.25, -0.2) is 4.98 Å². The minimum atomic E-state index is -0.0592. The van der Waals surface area contributed by atoms with Crippen LogP contribution in [0.3, 0.4) is 0 Å². The monoisotopic (exact) mass is 284 g/mol. The second kappa shape index (κ2) is 6.54. The summed E-state index contributed by atoms with van der Waals surface area (Å²) in [6, 6.07) is 7.90. The number of hydrogen-bond acceptors (Lipinski definition) is 3. The molecule has 2 heterocycles. The van der Waals surface area contributed by atoms with Crippen molar-refractivity contribution in [2.45, 2.75) is 31.8 Å². The van der Waals surface area contributed by atoms with Crippen molar-refractivity contribution in [3.05, 3.63) is 48.5 Å². The fourth-order valence-electron chi connectivity index (χ4n) is 2.64. The molecule has 21 heavy (non-hydrogen) atoms. The molecule has 1 fully saturated rings. The minimum Gasteiger partial charge on any atom is -0.333 e. The van der Waals surface area contributed by atoms with Crippen molar-refractivity contribution in [1.82, 2.24) is 14.9 Å². The molecule has 0 spiro atoms. The predicted octanol–water partition coefficient (Wildman–Crippen LogP) is 2.01. The maximum atomic E-state index is 12.2. The van der Waals surface area contributed by atoms with Crippen molar-refractivity contribution < 1.29 is 4.79 Å². The third-order valence-corrected chi connectivity index (χ3v) is 3.75. The van der Waals surface area contributed by atoms with Gasteiger partial charge in [0.1, 0.15) is 0 Å². The van der Waals surface area contributed by atoms with E-state index in [0.29, 0.717) is 0 Å². The Morgan fingerprint density at radius 1 is 1.43 bits per heavy atom. The molecule has 1 aliphatic heterocycles. The Balaban J connectivity index is 1.63. The lowest BCUT2D eigenvalue weighted by molar-refractivity contribution is -0.118. The van der Waals surface area contributed by atoms with E-state index in [1.807, 2.05) is 29.0 Å². The van der Waals surface area contributed by atoms with Gasteiger partial charge in [0.2, 0.25) is 5.91 Å². The van der Waals surface area contributed by atoms with Crippen molar-refractivity contribution in [3.8, 4) is 0 Å². The number of rotatable bonds is 4. The highest BCUT2D eigenvalue weighted by Crippen LogP contribution is 2.14. The van der Waals surface area contributed by atoms with Crippen LogP contribution in [0.25, 0.3) is 0 Å². The van der Waals surface area contributed by atoms with Gasteiger partial charge in [0.15, 0.2) is 0 Å². The van der Waals surface area contributed by atoms with Gasteiger partial charge in [-0.1, -0.05) is 18.6 Å². The number of hydrogen-bond donors (Lipinski definition) is 2. The highest BCUT2D eigenvalue weighted by Gasteiger charge is 2.20. The van der Waals surface area contributed by atoms with Crippen molar-refractivity contribution in [1.29, 1.82) is 0 Å². The number of anilines is 1. The molecule has 0 radical (unpaired) electrons. The van der Waals surface area contributed by atoms with Gasteiger partial charge in [-0.15, -0.1) is 0 Å². The average Bonchev–Trinajstić information content (AvgIpc) is 3.01. The molecule has 1 aromatic heterocycles. The summed E-state index contributed by atoms with van der Waals surface area (Å²) in [4.78, 5) is 16.2. The number of aromatic nitrogens is 2. The predicted molar refractivity (Wildman–Crippen MR) is 82.0 cm³/mol. The summed E-state index contributed by atoms with van der Waals surface area (Å²) >= 11 is 0. The summed E-state index contributed by atoms with van der Waals surface area (Å²) in [6.45, 7) is 1.68. The van der Waals surface area contributed by atoms with Crippen LogP contribution < -0.4 is 10.6 Å². The van der Waals surface area contributed by atoms with Crippen LogP contribution in [-0.4, -0.2) is 28.0 Å². The van der Waals surface area contributed by atoms with Crippen LogP contribution in [0.4, 0.5) is 5.69 Å². The summed E-state index contributed by atoms with van der Waals surface area (Å²) < 4.78 is 2.00. The molecule has 5 nitrogen and oxygen atoms in total. The van der Waals surface area contributed by atoms with Crippen LogP contribution in [0, 0.1) is 0 Å². The first kappa shape index (κ1) is 13.8. The number of piperidine rings is 1. The quantitative estimate of drug-likeness (QED) is 0.903. The van der Waals surface area contributed by atoms with Crippen LogP contribution in [-0.2, 0) is 11.3 Å². The molecule has 2 aromatic rings. The summed E-state index contributed by atoms with van der Waals surface area (Å²) in [7, 11) is 0. The lowest BCUT2D eigenvalue weighted by Gasteiger charge is -2.22. The lowest BCUT2D eigenvalue weighted by atomic mass is 10.0. The summed E-state index contributed by atoms with van der Waals surface area (Å²) in [5.74, 6) is 0.0643. The molecule has 0 saturated carbocycles. The van der Waals surface area contributed by atoms with E-state index in [2.05, 4.69) is 21.7 Å². The van der Waals surface area contributed by atoms with Crippen molar-refractivity contribution in [2.24, 2.45) is 0 Å². The molecule has 5 heteroatoms. The van der Waals surface area contributed by atoms with Crippen LogP contribution in [0.15, 0.2) is 43.0 Å². The maximum absolute atomic E-state index is 12.2. The van der Waals surface area contributed by atoms with Crippen LogP contribution in [0.2, 0.25) is 0 Å². The molecule has 1 saturated heterocycles. The van der Waals surface area contributed by atoms with Gasteiger partial charge in [-0.2, -0.15) is 0 Å². The van der Waals surface area contributed by atoms with E-state index in [1.165, 1.54) is 0 Å². The van der Waals surface area contributed by atoms with Crippen LogP contribution in [0.5, 0.6) is 0 Å². The molecule has 1 aromatic carbocycles. The zero-order valence-corrected chi connectivity index (χ0v) is 12.0. The SMILES string of the molecule is O=C(Nc1cccc(Cn2ccnc2)c1)[C@@H]1CCCCN1. The molecular formula is C16H20N4O. The van der Waals surface area contributed by atoms with Crippen molar-refractivity contribution in [2.75, 3.05) is 11.9 Å².